The minimum atomic E-state index is -1.40. The minimum Gasteiger partial charge on any atom is -0.373 e. The molecule has 4 rings (SSSR count). The van der Waals surface area contributed by atoms with Gasteiger partial charge in [0.05, 0.1) is 49.9 Å². The zero-order chi connectivity index (χ0) is 13.0. The van der Waals surface area contributed by atoms with Crippen LogP contribution in [0, 0.1) is 4.91 Å². The van der Waals surface area contributed by atoms with Gasteiger partial charge in [-0.2, -0.15) is 5.01 Å². The van der Waals surface area contributed by atoms with Crippen molar-refractivity contribution in [3.8, 4) is 0 Å². The summed E-state index contributed by atoms with van der Waals surface area (Å²) in [6, 6.07) is 0. The van der Waals surface area contributed by atoms with Crippen LogP contribution < -0.4 is 0 Å². The van der Waals surface area contributed by atoms with Crippen LogP contribution in [0.1, 0.15) is 6.42 Å². The Balaban J connectivity index is 1.48. The summed E-state index contributed by atoms with van der Waals surface area (Å²) in [5, 5.41) is 14.0. The first kappa shape index (κ1) is 12.0. The maximum Gasteiger partial charge on any atom is 0.362 e. The van der Waals surface area contributed by atoms with E-state index in [4.69, 9.17) is 14.2 Å². The maximum atomic E-state index is 12.4. The highest BCUT2D eigenvalue weighted by molar-refractivity contribution is 4.86. The second-order valence-electron chi connectivity index (χ2n) is 5.73. The van der Waals surface area contributed by atoms with E-state index in [0.29, 0.717) is 44.1 Å². The lowest BCUT2D eigenvalue weighted by atomic mass is 10.1. The number of hydrazine groups is 2. The van der Waals surface area contributed by atoms with Gasteiger partial charge in [-0.3, -0.25) is 0 Å². The molecule has 4 saturated heterocycles. The van der Waals surface area contributed by atoms with Crippen molar-refractivity contribution >= 4 is 0 Å². The largest absolute Gasteiger partial charge is 0.373 e. The summed E-state index contributed by atoms with van der Waals surface area (Å²) in [4.78, 5) is 13.1. The maximum absolute atomic E-state index is 12.4. The number of epoxide rings is 3. The van der Waals surface area contributed by atoms with Crippen LogP contribution in [0.2, 0.25) is 0 Å². The van der Waals surface area contributed by atoms with Gasteiger partial charge in [0.15, 0.2) is 4.87 Å². The predicted octanol–water partition coefficient (Wildman–Crippen LogP) is -1.51. The van der Waals surface area contributed by atoms with E-state index < -0.39 is 5.72 Å². The lowest BCUT2D eigenvalue weighted by Gasteiger charge is -2.17. The summed E-state index contributed by atoms with van der Waals surface area (Å²) in [6.07, 6.45) is 0.632. The summed E-state index contributed by atoms with van der Waals surface area (Å²) in [5.74, 6) is 0. The molecule has 106 valence electrons. The molecular formula is C11H18N3O5+. The monoisotopic (exact) mass is 272 g/mol. The van der Waals surface area contributed by atoms with E-state index >= 15 is 0 Å². The molecule has 0 radical (unpaired) electrons. The molecule has 0 spiro atoms. The summed E-state index contributed by atoms with van der Waals surface area (Å²) in [6.45, 7) is 3.47. The molecule has 4 unspecified atom stereocenters. The van der Waals surface area contributed by atoms with E-state index in [9.17, 15) is 10.0 Å². The molecule has 4 fully saturated rings. The summed E-state index contributed by atoms with van der Waals surface area (Å²) >= 11 is 0. The van der Waals surface area contributed by atoms with E-state index in [2.05, 4.69) is 0 Å². The van der Waals surface area contributed by atoms with Gasteiger partial charge in [-0.15, -0.1) is 0 Å². The molecule has 1 N–H and O–H groups in total. The number of β-amino-alcohol motifs (C(OH)–C–C–N with tert-alkyl or cyclic N) is 1. The molecule has 4 atom stereocenters. The zero-order valence-corrected chi connectivity index (χ0v) is 10.6. The number of ether oxygens (including phenoxy) is 3. The molecule has 8 nitrogen and oxygen atoms in total. The molecule has 19 heavy (non-hydrogen) atoms. The average molecular weight is 272 g/mol. The summed E-state index contributed by atoms with van der Waals surface area (Å²) in [5.41, 5.74) is -1.40. The predicted molar refractivity (Wildman–Crippen MR) is 60.7 cm³/mol. The highest BCUT2D eigenvalue weighted by Crippen LogP contribution is 2.32. The number of rotatable bonds is 6. The second kappa shape index (κ2) is 4.10. The van der Waals surface area contributed by atoms with E-state index in [-0.39, 0.29) is 18.3 Å². The third-order valence-electron chi connectivity index (χ3n) is 3.87. The SMILES string of the molecule is O=[N+]1N(CC2CO2)N(CC2CO2)CC1(O)CC1CO1. The number of nitroso groups, excluding NO2 is 1. The van der Waals surface area contributed by atoms with Gasteiger partial charge in [0.2, 0.25) is 0 Å². The van der Waals surface area contributed by atoms with Crippen molar-refractivity contribution in [2.45, 2.75) is 30.5 Å². The van der Waals surface area contributed by atoms with Crippen LogP contribution in [0.3, 0.4) is 0 Å². The van der Waals surface area contributed by atoms with Crippen molar-refractivity contribution in [3.63, 3.8) is 0 Å². The number of aliphatic hydroxyl groups is 1. The fraction of sp³-hybridized carbons (Fsp3) is 1.00. The molecule has 0 aliphatic carbocycles. The summed E-state index contributed by atoms with van der Waals surface area (Å²) < 4.78 is 15.5. The number of hydrogen-bond donors (Lipinski definition) is 1. The zero-order valence-electron chi connectivity index (χ0n) is 10.6. The normalized spacial score (nSPS) is 44.8. The first-order chi connectivity index (χ1) is 9.14. The molecule has 0 bridgehead atoms. The Morgan fingerprint density at radius 2 is 1.68 bits per heavy atom. The van der Waals surface area contributed by atoms with Crippen molar-refractivity contribution < 1.29 is 24.2 Å². The van der Waals surface area contributed by atoms with Crippen LogP contribution in [-0.4, -0.2) is 83.6 Å². The Bertz CT molecular complexity index is 396. The van der Waals surface area contributed by atoms with E-state index in [1.807, 2.05) is 5.01 Å². The van der Waals surface area contributed by atoms with Gasteiger partial charge in [-0.25, -0.2) is 0 Å². The first-order valence-corrected chi connectivity index (χ1v) is 6.71. The standard InChI is InChI=1S/C11H18N3O5/c15-11(1-8-4-17-8)7-12(2-9-5-18-9)13(14(11)16)3-10-6-19-10/h8-10,15H,1-7H2/q+1. The lowest BCUT2D eigenvalue weighted by molar-refractivity contribution is -0.789. The van der Waals surface area contributed by atoms with E-state index in [0.717, 1.165) is 6.61 Å². The molecular weight excluding hydrogens is 254 g/mol. The molecule has 0 aromatic heterocycles. The molecule has 4 aliphatic heterocycles. The Labute approximate surface area is 110 Å². The van der Waals surface area contributed by atoms with Crippen molar-refractivity contribution in [1.29, 1.82) is 0 Å². The fourth-order valence-electron chi connectivity index (χ4n) is 2.57. The lowest BCUT2D eigenvalue weighted by Crippen LogP contribution is -2.46. The smallest absolute Gasteiger partial charge is 0.362 e. The highest BCUT2D eigenvalue weighted by Gasteiger charge is 2.62. The van der Waals surface area contributed by atoms with Crippen molar-refractivity contribution in [2.75, 3.05) is 39.5 Å². The van der Waals surface area contributed by atoms with Crippen molar-refractivity contribution in [3.05, 3.63) is 4.91 Å². The molecule has 4 aliphatic rings. The third kappa shape index (κ3) is 2.46. The van der Waals surface area contributed by atoms with Crippen LogP contribution in [0.4, 0.5) is 0 Å². The van der Waals surface area contributed by atoms with Gasteiger partial charge in [0.25, 0.3) is 0 Å². The van der Waals surface area contributed by atoms with Gasteiger partial charge < -0.3 is 19.3 Å². The van der Waals surface area contributed by atoms with Crippen LogP contribution in [0.5, 0.6) is 0 Å². The third-order valence-corrected chi connectivity index (χ3v) is 3.87. The van der Waals surface area contributed by atoms with E-state index in [1.54, 1.807) is 5.12 Å². The van der Waals surface area contributed by atoms with Crippen LogP contribution >= 0.6 is 0 Å². The van der Waals surface area contributed by atoms with Gasteiger partial charge in [0.1, 0.15) is 19.2 Å². The van der Waals surface area contributed by atoms with Crippen LogP contribution in [-0.2, 0) is 14.2 Å². The van der Waals surface area contributed by atoms with Gasteiger partial charge in [0, 0.05) is 0 Å². The Morgan fingerprint density at radius 1 is 1.11 bits per heavy atom. The fourth-order valence-corrected chi connectivity index (χ4v) is 2.57. The average Bonchev–Trinajstić information content (AvgIpc) is 3.21. The first-order valence-electron chi connectivity index (χ1n) is 6.71. The quantitative estimate of drug-likeness (QED) is 0.464. The van der Waals surface area contributed by atoms with Crippen molar-refractivity contribution in [2.24, 2.45) is 0 Å². The minimum absolute atomic E-state index is 0.0117. The molecule has 0 aromatic carbocycles. The van der Waals surface area contributed by atoms with Crippen LogP contribution in [0.15, 0.2) is 0 Å². The van der Waals surface area contributed by atoms with Gasteiger partial charge in [-0.1, -0.05) is 5.12 Å². The molecule has 8 heteroatoms. The molecule has 0 amide bonds. The number of nitrogens with zero attached hydrogens (tertiary/aromatic N) is 3. The van der Waals surface area contributed by atoms with E-state index in [1.165, 1.54) is 0 Å². The number of hydrogen-bond acceptors (Lipinski definition) is 6. The molecule has 0 saturated carbocycles. The van der Waals surface area contributed by atoms with Gasteiger partial charge in [-0.05, 0) is 0 Å². The Morgan fingerprint density at radius 3 is 2.26 bits per heavy atom. The Kier molecular flexibility index (Phi) is 2.58. The van der Waals surface area contributed by atoms with Crippen molar-refractivity contribution in [1.82, 2.24) is 10.1 Å². The highest BCUT2D eigenvalue weighted by atomic mass is 16.6. The molecule has 4 heterocycles. The topological polar surface area (TPSA) is 84.4 Å². The van der Waals surface area contributed by atoms with Crippen LogP contribution in [0.25, 0.3) is 0 Å². The second-order valence-corrected chi connectivity index (χ2v) is 5.73. The van der Waals surface area contributed by atoms with Gasteiger partial charge >= 0.3 is 5.72 Å². The summed E-state index contributed by atoms with van der Waals surface area (Å²) in [7, 11) is 0. The molecule has 0 aromatic rings. The Hall–Kier alpha value is -0.800.